The molecule has 84 heavy (non-hydrogen) atoms. The molecule has 12 heteroatoms. The summed E-state index contributed by atoms with van der Waals surface area (Å²) in [7, 11) is 0. The van der Waals surface area contributed by atoms with Crippen LogP contribution in [0.15, 0.2) is 181 Å². The lowest BCUT2D eigenvalue weighted by Gasteiger charge is -2.35. The maximum Gasteiger partial charge on any atom is 0.130 e. The fourth-order valence-electron chi connectivity index (χ4n) is 13.3. The summed E-state index contributed by atoms with van der Waals surface area (Å²) in [5, 5.41) is 41.0. The number of fused-ring (bicyclic) bond motifs is 12. The number of aromatic nitrogens is 4. The van der Waals surface area contributed by atoms with E-state index in [2.05, 4.69) is 173 Å². The molecule has 0 radical (unpaired) electrons. The third-order valence-corrected chi connectivity index (χ3v) is 20.5. The summed E-state index contributed by atoms with van der Waals surface area (Å²) in [5.41, 5.74) is 23.4. The molecule has 0 N–H and O–H groups in total. The molecule has 0 unspecified atom stereocenters. The molecule has 9 aromatic carbocycles. The molecule has 0 fully saturated rings. The lowest BCUT2D eigenvalue weighted by molar-refractivity contribution is 0.758. The monoisotopic (exact) mass is 1150 g/mol. The quantitative estimate of drug-likeness (QED) is 0.137. The minimum atomic E-state index is -0.764. The molecule has 0 bridgehead atoms. The second kappa shape index (κ2) is 19.3. The largest absolute Gasteiger partial charge is 0.192 e. The van der Waals surface area contributed by atoms with Crippen molar-refractivity contribution in [3.05, 3.63) is 259 Å². The van der Waals surface area contributed by atoms with Crippen molar-refractivity contribution in [3.8, 4) is 67.4 Å². The highest BCUT2D eigenvalue weighted by atomic mass is 32.1. The Bertz CT molecular complexity index is 4770. The molecule has 4 heterocycles. The summed E-state index contributed by atoms with van der Waals surface area (Å²) in [6.07, 6.45) is 3.18. The molecule has 0 saturated heterocycles. The van der Waals surface area contributed by atoms with Crippen LogP contribution in [0.25, 0.3) is 97.5 Å². The predicted octanol–water partition coefficient (Wildman–Crippen LogP) is 18.3. The Morgan fingerprint density at radius 2 is 0.702 bits per heavy atom. The fourth-order valence-corrected chi connectivity index (χ4v) is 16.7. The van der Waals surface area contributed by atoms with Gasteiger partial charge >= 0.3 is 0 Å². The summed E-state index contributed by atoms with van der Waals surface area (Å²) >= 11 is 5.72. The summed E-state index contributed by atoms with van der Waals surface area (Å²) in [6.45, 7) is 8.61. The molecular formula is C72H42N8S4. The number of aryl methyl sites for hydroxylation is 4. The highest BCUT2D eigenvalue weighted by molar-refractivity contribution is 7.22. The first kappa shape index (κ1) is 50.9. The van der Waals surface area contributed by atoms with E-state index in [4.69, 9.17) is 17.5 Å². The number of benzene rings is 9. The van der Waals surface area contributed by atoms with Gasteiger partial charge in [-0.3, -0.25) is 0 Å². The molecule has 8 nitrogen and oxygen atoms in total. The van der Waals surface area contributed by atoms with Crippen molar-refractivity contribution in [1.29, 1.82) is 21.0 Å². The van der Waals surface area contributed by atoms with E-state index in [0.717, 1.165) is 75.5 Å². The number of allylic oxidation sites excluding steroid dienone is 2. The number of thiophene rings is 2. The number of hydrogen-bond acceptors (Lipinski definition) is 12. The first-order valence-corrected chi connectivity index (χ1v) is 30.3. The van der Waals surface area contributed by atoms with Crippen LogP contribution in [0.1, 0.15) is 77.9 Å². The van der Waals surface area contributed by atoms with Gasteiger partial charge in [0.05, 0.1) is 34.3 Å². The van der Waals surface area contributed by atoms with Crippen molar-refractivity contribution < 1.29 is 0 Å². The van der Waals surface area contributed by atoms with Crippen molar-refractivity contribution in [2.24, 2.45) is 0 Å². The van der Waals surface area contributed by atoms with Gasteiger partial charge in [-0.1, -0.05) is 156 Å². The molecule has 2 aliphatic rings. The maximum atomic E-state index is 9.69. The normalized spacial score (nSPS) is 13.1. The zero-order valence-corrected chi connectivity index (χ0v) is 48.8. The predicted molar refractivity (Wildman–Crippen MR) is 342 cm³/mol. The second-order valence-electron chi connectivity index (χ2n) is 21.8. The summed E-state index contributed by atoms with van der Waals surface area (Å²) < 4.78 is 21.4. The third kappa shape index (κ3) is 7.36. The van der Waals surface area contributed by atoms with Crippen molar-refractivity contribution in [2.75, 3.05) is 0 Å². The fraction of sp³-hybridized carbons (Fsp3) is 0.0833. The Balaban J connectivity index is 1.06. The SMILES string of the molecule is Cc1ccc(C2(c3ccc(C)cc3)c3cc4c(cc3-c3c2ccc2sc(-c5ccc(C=C(C#N)C#N)c6nsnc56)cc32)C(c2ccc(C)cc2)(c2ccc(C)cc2)c2ccc3sc(-c5ccc(C=C(C#N)C#N)c6nsnc56)cc3c2-4)cc1. The number of hydrogen-bond donors (Lipinski definition) is 0. The van der Waals surface area contributed by atoms with E-state index in [1.165, 1.54) is 89.0 Å². The molecule has 0 atom stereocenters. The van der Waals surface area contributed by atoms with Crippen LogP contribution in [0.5, 0.6) is 0 Å². The Kier molecular flexibility index (Phi) is 11.7. The highest BCUT2D eigenvalue weighted by Gasteiger charge is 2.52. The zero-order chi connectivity index (χ0) is 57.2. The van der Waals surface area contributed by atoms with Crippen molar-refractivity contribution >= 4 is 101 Å². The van der Waals surface area contributed by atoms with E-state index in [9.17, 15) is 21.0 Å². The molecule has 4 aromatic heterocycles. The Hall–Kier alpha value is -10.0. The van der Waals surface area contributed by atoms with E-state index >= 15 is 0 Å². The zero-order valence-electron chi connectivity index (χ0n) is 45.5. The van der Waals surface area contributed by atoms with E-state index in [-0.39, 0.29) is 11.1 Å². The first-order valence-electron chi connectivity index (χ1n) is 27.2. The van der Waals surface area contributed by atoms with Crippen LogP contribution in [-0.4, -0.2) is 17.5 Å². The smallest absolute Gasteiger partial charge is 0.130 e. The van der Waals surface area contributed by atoms with Crippen LogP contribution < -0.4 is 0 Å². The van der Waals surface area contributed by atoms with Crippen LogP contribution in [0.2, 0.25) is 0 Å². The minimum Gasteiger partial charge on any atom is -0.192 e. The van der Waals surface area contributed by atoms with Gasteiger partial charge in [0.2, 0.25) is 0 Å². The highest BCUT2D eigenvalue weighted by Crippen LogP contribution is 2.65. The van der Waals surface area contributed by atoms with Gasteiger partial charge in [-0.15, -0.1) is 22.7 Å². The van der Waals surface area contributed by atoms with E-state index < -0.39 is 10.8 Å². The molecule has 0 amide bonds. The Morgan fingerprint density at radius 3 is 1.04 bits per heavy atom. The minimum absolute atomic E-state index is 0.00671. The molecule has 15 rings (SSSR count). The average Bonchev–Trinajstić information content (AvgIpc) is 1.54. The molecule has 0 saturated carbocycles. The van der Waals surface area contributed by atoms with Gasteiger partial charge in [0, 0.05) is 52.2 Å². The van der Waals surface area contributed by atoms with Gasteiger partial charge in [-0.25, -0.2) is 0 Å². The van der Waals surface area contributed by atoms with Crippen LogP contribution in [0.3, 0.4) is 0 Å². The van der Waals surface area contributed by atoms with Crippen molar-refractivity contribution in [3.63, 3.8) is 0 Å². The molecule has 394 valence electrons. The van der Waals surface area contributed by atoms with Crippen LogP contribution in [0.4, 0.5) is 0 Å². The van der Waals surface area contributed by atoms with E-state index in [1.54, 1.807) is 34.8 Å². The van der Waals surface area contributed by atoms with Gasteiger partial charge in [-0.05, 0) is 143 Å². The summed E-state index contributed by atoms with van der Waals surface area (Å²) in [4.78, 5) is 2.09. The average molecular weight is 1150 g/mol. The molecule has 2 aliphatic carbocycles. The van der Waals surface area contributed by atoms with Crippen molar-refractivity contribution in [1.82, 2.24) is 17.5 Å². The van der Waals surface area contributed by atoms with E-state index in [1.807, 2.05) is 48.5 Å². The van der Waals surface area contributed by atoms with Crippen LogP contribution in [-0.2, 0) is 10.8 Å². The number of rotatable bonds is 8. The lowest BCUT2D eigenvalue weighted by Crippen LogP contribution is -2.30. The first-order chi connectivity index (χ1) is 41.0. The van der Waals surface area contributed by atoms with Crippen LogP contribution >= 0.6 is 46.1 Å². The van der Waals surface area contributed by atoms with Gasteiger partial charge in [0.25, 0.3) is 0 Å². The second-order valence-corrected chi connectivity index (χ2v) is 25.0. The van der Waals surface area contributed by atoms with Gasteiger partial charge in [0.15, 0.2) is 0 Å². The Labute approximate surface area is 500 Å². The topological polar surface area (TPSA) is 147 Å². The Morgan fingerprint density at radius 1 is 0.369 bits per heavy atom. The van der Waals surface area contributed by atoms with Gasteiger partial charge < -0.3 is 0 Å². The van der Waals surface area contributed by atoms with Gasteiger partial charge in [-0.2, -0.15) is 38.5 Å². The lowest BCUT2D eigenvalue weighted by atomic mass is 9.65. The van der Waals surface area contributed by atoms with E-state index in [0.29, 0.717) is 22.2 Å². The summed E-state index contributed by atoms with van der Waals surface area (Å²) in [5.74, 6) is 0. The molecule has 0 aliphatic heterocycles. The molecular weight excluding hydrogens is 1110 g/mol. The maximum absolute atomic E-state index is 9.69. The molecule has 13 aromatic rings. The van der Waals surface area contributed by atoms with Crippen molar-refractivity contribution in [2.45, 2.75) is 38.5 Å². The standard InChI is InChI=1S/C72H42N8S4/c1-39-5-15-47(16-6-39)71(48-17-7-40(2)8-18-48)57-25-27-61-55(33-63(81-61)51-23-13-45(29-43(35-73)36-74)67-69(51)79-83-77-67)65(57)53-32-60-54(31-59(53)71)66-56-34-64(52-24-14-46(30-44(37-75)38-76)68-70(52)80-84-78-68)82-62(56)28-26-58(66)72(60,49-19-9-41(3)10-20-49)50-21-11-42(4)12-22-50/h5-34H,1-4H3. The number of nitrogens with zero attached hydrogens (tertiary/aromatic N) is 8. The third-order valence-electron chi connectivity index (χ3n) is 17.2. The number of nitriles is 4. The molecule has 0 spiro atoms. The van der Waals surface area contributed by atoms with Crippen LogP contribution in [0, 0.1) is 73.0 Å². The summed E-state index contributed by atoms with van der Waals surface area (Å²) in [6, 6.07) is 71.7. The van der Waals surface area contributed by atoms with Gasteiger partial charge in [0.1, 0.15) is 57.5 Å².